The van der Waals surface area contributed by atoms with Crippen LogP contribution in [0.3, 0.4) is 0 Å². The molecule has 1 aliphatic heterocycles. The zero-order chi connectivity index (χ0) is 17.1. The average Bonchev–Trinajstić information content (AvgIpc) is 2.53. The van der Waals surface area contributed by atoms with Gasteiger partial charge in [0.05, 0.1) is 17.9 Å². The quantitative estimate of drug-likeness (QED) is 0.844. The number of carbonyl (C=O) groups is 1. The van der Waals surface area contributed by atoms with Gasteiger partial charge in [0.15, 0.2) is 0 Å². The van der Waals surface area contributed by atoms with Gasteiger partial charge in [0.25, 0.3) is 5.56 Å². The van der Waals surface area contributed by atoms with E-state index in [0.29, 0.717) is 12.6 Å². The Morgan fingerprint density at radius 1 is 1.35 bits per heavy atom. The Hall–Kier alpha value is -2.05. The number of hydrogen-bond acceptors (Lipinski definition) is 4. The van der Waals surface area contributed by atoms with Crippen LogP contribution in [0.25, 0.3) is 0 Å². The fourth-order valence-corrected chi connectivity index (χ4v) is 2.78. The topological polar surface area (TPSA) is 61.7 Å². The van der Waals surface area contributed by atoms with Crippen LogP contribution < -0.4 is 10.5 Å². The maximum Gasteiger partial charge on any atom is 0.319 e. The van der Waals surface area contributed by atoms with Crippen molar-refractivity contribution in [3.63, 3.8) is 0 Å². The van der Waals surface area contributed by atoms with Gasteiger partial charge in [0.2, 0.25) is 0 Å². The summed E-state index contributed by atoms with van der Waals surface area (Å²) in [5, 5.41) is 4.35. The van der Waals surface area contributed by atoms with E-state index in [-0.39, 0.29) is 17.6 Å². The number of nitrogens with zero attached hydrogens (tertiary/aromatic N) is 5. The summed E-state index contributed by atoms with van der Waals surface area (Å²) in [5.41, 5.74) is 0.706. The Morgan fingerprint density at radius 2 is 2.04 bits per heavy atom. The lowest BCUT2D eigenvalue weighted by Gasteiger charge is -2.34. The van der Waals surface area contributed by atoms with Crippen LogP contribution in [-0.4, -0.2) is 65.9 Å². The number of amides is 2. The molecule has 0 bridgehead atoms. The van der Waals surface area contributed by atoms with Crippen LogP contribution in [0.5, 0.6) is 0 Å². The van der Waals surface area contributed by atoms with Crippen LogP contribution in [0.1, 0.15) is 32.7 Å². The van der Waals surface area contributed by atoms with Gasteiger partial charge in [-0.2, -0.15) is 5.10 Å². The van der Waals surface area contributed by atoms with Gasteiger partial charge in [-0.3, -0.25) is 4.79 Å². The van der Waals surface area contributed by atoms with E-state index < -0.39 is 0 Å². The van der Waals surface area contributed by atoms with E-state index in [1.807, 2.05) is 11.9 Å². The number of likely N-dealkylation sites (tertiary alicyclic amines) is 1. The molecule has 1 aromatic heterocycles. The van der Waals surface area contributed by atoms with Crippen molar-refractivity contribution in [3.05, 3.63) is 22.6 Å². The first kappa shape index (κ1) is 17.3. The van der Waals surface area contributed by atoms with E-state index in [0.717, 1.165) is 25.1 Å². The lowest BCUT2D eigenvalue weighted by Crippen LogP contribution is -2.47. The van der Waals surface area contributed by atoms with Gasteiger partial charge in [0, 0.05) is 46.3 Å². The van der Waals surface area contributed by atoms with Crippen molar-refractivity contribution in [1.29, 1.82) is 0 Å². The number of hydrogen-bond donors (Lipinski definition) is 0. The van der Waals surface area contributed by atoms with Crippen LogP contribution in [-0.2, 0) is 0 Å². The number of urea groups is 1. The Balaban J connectivity index is 2.18. The lowest BCUT2D eigenvalue weighted by molar-refractivity contribution is 0.140. The van der Waals surface area contributed by atoms with Crippen molar-refractivity contribution < 1.29 is 4.79 Å². The summed E-state index contributed by atoms with van der Waals surface area (Å²) in [7, 11) is 5.43. The van der Waals surface area contributed by atoms with Gasteiger partial charge in [0.1, 0.15) is 0 Å². The van der Waals surface area contributed by atoms with Gasteiger partial charge in [-0.05, 0) is 26.7 Å². The molecule has 7 nitrogen and oxygen atoms in total. The van der Waals surface area contributed by atoms with Gasteiger partial charge < -0.3 is 14.7 Å². The minimum atomic E-state index is -0.112. The summed E-state index contributed by atoms with van der Waals surface area (Å²) < 4.78 is 1.52. The molecular weight excluding hydrogens is 294 g/mol. The second kappa shape index (κ2) is 7.02. The third-order valence-corrected chi connectivity index (χ3v) is 4.39. The average molecular weight is 321 g/mol. The summed E-state index contributed by atoms with van der Waals surface area (Å²) in [6.45, 7) is 5.40. The molecule has 0 aromatic carbocycles. The van der Waals surface area contributed by atoms with E-state index in [1.165, 1.54) is 4.68 Å². The van der Waals surface area contributed by atoms with Crippen molar-refractivity contribution in [3.8, 4) is 0 Å². The number of piperidine rings is 1. The Kier molecular flexibility index (Phi) is 5.28. The molecule has 1 atom stereocenters. The summed E-state index contributed by atoms with van der Waals surface area (Å²) in [6, 6.07) is 1.85. The molecule has 2 amide bonds. The summed E-state index contributed by atoms with van der Waals surface area (Å²) in [5.74, 6) is 0. The van der Waals surface area contributed by atoms with Gasteiger partial charge in [-0.25, -0.2) is 9.48 Å². The number of anilines is 1. The number of carbonyl (C=O) groups excluding carboxylic acids is 1. The molecule has 0 aliphatic carbocycles. The Morgan fingerprint density at radius 3 is 2.61 bits per heavy atom. The predicted octanol–water partition coefficient (Wildman–Crippen LogP) is 1.41. The van der Waals surface area contributed by atoms with Crippen molar-refractivity contribution in [2.24, 2.45) is 0 Å². The second-order valence-corrected chi connectivity index (χ2v) is 6.62. The molecule has 2 rings (SSSR count). The SMILES string of the molecule is CC(C)N(C)c1cnn(C2CCCN(C(=O)N(C)C)C2)c(=O)c1. The molecule has 1 fully saturated rings. The third kappa shape index (κ3) is 3.83. The largest absolute Gasteiger partial charge is 0.371 e. The van der Waals surface area contributed by atoms with E-state index in [9.17, 15) is 9.59 Å². The molecule has 1 saturated heterocycles. The van der Waals surface area contributed by atoms with Crippen molar-refractivity contribution >= 4 is 11.7 Å². The molecule has 0 N–H and O–H groups in total. The normalized spacial score (nSPS) is 18.2. The Bertz CT molecular complexity index is 611. The highest BCUT2D eigenvalue weighted by Crippen LogP contribution is 2.21. The number of rotatable bonds is 3. The van der Waals surface area contributed by atoms with Crippen molar-refractivity contribution in [2.45, 2.75) is 38.8 Å². The van der Waals surface area contributed by atoms with Gasteiger partial charge >= 0.3 is 6.03 Å². The fourth-order valence-electron chi connectivity index (χ4n) is 2.78. The molecule has 1 aliphatic rings. The zero-order valence-electron chi connectivity index (χ0n) is 14.7. The van der Waals surface area contributed by atoms with Gasteiger partial charge in [-0.15, -0.1) is 0 Å². The van der Waals surface area contributed by atoms with Crippen LogP contribution >= 0.6 is 0 Å². The Labute approximate surface area is 137 Å². The van der Waals surface area contributed by atoms with Crippen LogP contribution in [0.15, 0.2) is 17.1 Å². The second-order valence-electron chi connectivity index (χ2n) is 6.62. The molecule has 23 heavy (non-hydrogen) atoms. The molecule has 7 heteroatoms. The summed E-state index contributed by atoms with van der Waals surface area (Å²) in [6.07, 6.45) is 3.48. The zero-order valence-corrected chi connectivity index (χ0v) is 14.7. The molecule has 0 spiro atoms. The maximum atomic E-state index is 12.4. The molecular formula is C16H27N5O2. The van der Waals surface area contributed by atoms with E-state index in [2.05, 4.69) is 18.9 Å². The van der Waals surface area contributed by atoms with Crippen molar-refractivity contribution in [1.82, 2.24) is 19.6 Å². The highest BCUT2D eigenvalue weighted by molar-refractivity contribution is 5.73. The van der Waals surface area contributed by atoms with E-state index >= 15 is 0 Å². The molecule has 2 heterocycles. The number of aromatic nitrogens is 2. The third-order valence-electron chi connectivity index (χ3n) is 4.39. The smallest absolute Gasteiger partial charge is 0.319 e. The molecule has 128 valence electrons. The molecule has 1 unspecified atom stereocenters. The standard InChI is InChI=1S/C16H27N5O2/c1-12(2)19(5)14-9-15(22)21(17-10-14)13-7-6-8-20(11-13)16(23)18(3)4/h9-10,12-13H,6-8,11H2,1-5H3. The van der Waals surface area contributed by atoms with Crippen LogP contribution in [0.4, 0.5) is 10.5 Å². The molecule has 1 aromatic rings. The first-order valence-corrected chi connectivity index (χ1v) is 8.09. The first-order chi connectivity index (χ1) is 10.8. The lowest BCUT2D eigenvalue weighted by atomic mass is 10.1. The highest BCUT2D eigenvalue weighted by Gasteiger charge is 2.27. The molecule has 0 saturated carbocycles. The predicted molar refractivity (Wildman–Crippen MR) is 91.0 cm³/mol. The van der Waals surface area contributed by atoms with E-state index in [1.54, 1.807) is 36.2 Å². The maximum absolute atomic E-state index is 12.4. The summed E-state index contributed by atoms with van der Waals surface area (Å²) in [4.78, 5) is 29.9. The van der Waals surface area contributed by atoms with Crippen LogP contribution in [0, 0.1) is 0 Å². The summed E-state index contributed by atoms with van der Waals surface area (Å²) >= 11 is 0. The first-order valence-electron chi connectivity index (χ1n) is 8.09. The van der Waals surface area contributed by atoms with Gasteiger partial charge in [-0.1, -0.05) is 0 Å². The van der Waals surface area contributed by atoms with Crippen molar-refractivity contribution in [2.75, 3.05) is 39.1 Å². The minimum absolute atomic E-state index is 0.0149. The fraction of sp³-hybridized carbons (Fsp3) is 0.688. The van der Waals surface area contributed by atoms with E-state index in [4.69, 9.17) is 0 Å². The molecule has 0 radical (unpaired) electrons. The monoisotopic (exact) mass is 321 g/mol. The van der Waals surface area contributed by atoms with Crippen LogP contribution in [0.2, 0.25) is 0 Å². The minimum Gasteiger partial charge on any atom is -0.371 e. The highest BCUT2D eigenvalue weighted by atomic mass is 16.2.